The predicted molar refractivity (Wildman–Crippen MR) is 21.2 cm³/mol. The Kier molecular flexibility index (Phi) is 2.27. The number of Topliss-reactive ketones (excluding diaryl/α,β-unsaturated/α-hetero) is 1. The molecule has 1 nitrogen and oxygen atoms in total. The van der Waals surface area contributed by atoms with E-state index in [4.69, 9.17) is 0 Å². The minimum atomic E-state index is -4.82. The van der Waals surface area contributed by atoms with E-state index in [9.17, 15) is 18.0 Å². The number of halogens is 4. The van der Waals surface area contributed by atoms with E-state index in [0.29, 0.717) is 0 Å². The quantitative estimate of drug-likeness (QED) is 0.547. The highest BCUT2D eigenvalue weighted by Crippen LogP contribution is 2.17. The highest BCUT2D eigenvalue weighted by atomic mass is 35.5. The van der Waals surface area contributed by atoms with Crippen molar-refractivity contribution in [3.63, 3.8) is 0 Å². The van der Waals surface area contributed by atoms with Crippen molar-refractivity contribution >= 4 is 17.4 Å². The molecule has 0 fully saturated rings. The van der Waals surface area contributed by atoms with Gasteiger partial charge in [0.05, 0.1) is 0 Å². The molecule has 0 aromatic heterocycles. The zero-order valence-corrected chi connectivity index (χ0v) is 4.25. The lowest BCUT2D eigenvalue weighted by molar-refractivity contribution is -0.166. The van der Waals surface area contributed by atoms with Gasteiger partial charge in [0.25, 0.3) is 5.78 Å². The molecule has 8 heavy (non-hydrogen) atoms. The summed E-state index contributed by atoms with van der Waals surface area (Å²) < 4.78 is 33.0. The molecular formula is C3HClF3O. The SMILES string of the molecule is O=C([CH]Cl)C(F)(F)F. The summed E-state index contributed by atoms with van der Waals surface area (Å²) in [6.45, 7) is 0. The molecule has 0 saturated heterocycles. The van der Waals surface area contributed by atoms with Crippen LogP contribution >= 0.6 is 11.6 Å². The van der Waals surface area contributed by atoms with E-state index in [2.05, 4.69) is 11.6 Å². The molecule has 0 unspecified atom stereocenters. The largest absolute Gasteiger partial charge is 0.451 e. The molecule has 47 valence electrons. The summed E-state index contributed by atoms with van der Waals surface area (Å²) in [7, 11) is 0. The Morgan fingerprint density at radius 3 is 1.88 bits per heavy atom. The summed E-state index contributed by atoms with van der Waals surface area (Å²) in [6.07, 6.45) is -4.82. The monoisotopic (exact) mass is 145 g/mol. The number of carbonyl (C=O) groups excluding carboxylic acids is 1. The minimum Gasteiger partial charge on any atom is -0.288 e. The second-order valence-electron chi connectivity index (χ2n) is 0.971. The van der Waals surface area contributed by atoms with Gasteiger partial charge >= 0.3 is 6.18 Å². The molecule has 0 spiro atoms. The second-order valence-corrected chi connectivity index (χ2v) is 1.19. The van der Waals surface area contributed by atoms with Crippen LogP contribution in [0.4, 0.5) is 13.2 Å². The zero-order chi connectivity index (χ0) is 6.78. The lowest BCUT2D eigenvalue weighted by Crippen LogP contribution is -2.20. The molecule has 0 atom stereocenters. The van der Waals surface area contributed by atoms with Crippen LogP contribution in [0.25, 0.3) is 0 Å². The Bertz CT molecular complexity index is 97.2. The van der Waals surface area contributed by atoms with Crippen molar-refractivity contribution in [3.05, 3.63) is 5.88 Å². The molecule has 5 heteroatoms. The molecular weight excluding hydrogens is 144 g/mol. The first-order valence-electron chi connectivity index (χ1n) is 1.53. The van der Waals surface area contributed by atoms with Crippen LogP contribution in [0.15, 0.2) is 0 Å². The zero-order valence-electron chi connectivity index (χ0n) is 3.50. The summed E-state index contributed by atoms with van der Waals surface area (Å²) in [6, 6.07) is 0. The Morgan fingerprint density at radius 1 is 1.50 bits per heavy atom. The minimum absolute atomic E-state index is 0.0417. The average Bonchev–Trinajstić information content (AvgIpc) is 1.62. The molecule has 0 bridgehead atoms. The smallest absolute Gasteiger partial charge is 0.288 e. The van der Waals surface area contributed by atoms with Crippen LogP contribution in [-0.4, -0.2) is 12.0 Å². The van der Waals surface area contributed by atoms with Crippen molar-refractivity contribution < 1.29 is 18.0 Å². The van der Waals surface area contributed by atoms with Gasteiger partial charge in [-0.05, 0) is 0 Å². The topological polar surface area (TPSA) is 17.1 Å². The van der Waals surface area contributed by atoms with E-state index in [1.54, 1.807) is 0 Å². The summed E-state index contributed by atoms with van der Waals surface area (Å²) in [4.78, 5) is 9.52. The van der Waals surface area contributed by atoms with Crippen molar-refractivity contribution in [2.45, 2.75) is 6.18 Å². The number of hydrogen-bond acceptors (Lipinski definition) is 1. The van der Waals surface area contributed by atoms with Crippen molar-refractivity contribution in [3.8, 4) is 0 Å². The first-order valence-corrected chi connectivity index (χ1v) is 1.96. The molecule has 0 amide bonds. The number of carbonyl (C=O) groups is 1. The fraction of sp³-hybridized carbons (Fsp3) is 0.333. The molecule has 0 heterocycles. The maximum absolute atomic E-state index is 11.0. The first kappa shape index (κ1) is 7.75. The van der Waals surface area contributed by atoms with Crippen LogP contribution in [0, 0.1) is 5.88 Å². The van der Waals surface area contributed by atoms with Gasteiger partial charge in [-0.1, -0.05) is 0 Å². The van der Waals surface area contributed by atoms with E-state index < -0.39 is 12.0 Å². The lowest BCUT2D eigenvalue weighted by atomic mass is 10.4. The third kappa shape index (κ3) is 2.16. The van der Waals surface area contributed by atoms with Crippen molar-refractivity contribution in [2.75, 3.05) is 0 Å². The van der Waals surface area contributed by atoms with Gasteiger partial charge in [-0.15, -0.1) is 11.6 Å². The predicted octanol–water partition coefficient (Wildman–Crippen LogP) is 1.52. The van der Waals surface area contributed by atoms with Gasteiger partial charge in [0.2, 0.25) is 0 Å². The molecule has 0 aliphatic carbocycles. The van der Waals surface area contributed by atoms with Crippen LogP contribution in [0.2, 0.25) is 0 Å². The Morgan fingerprint density at radius 2 is 1.88 bits per heavy atom. The number of hydrogen-bond donors (Lipinski definition) is 0. The van der Waals surface area contributed by atoms with Gasteiger partial charge in [-0.25, -0.2) is 0 Å². The molecule has 0 aromatic carbocycles. The summed E-state index contributed by atoms with van der Waals surface area (Å²) in [5.41, 5.74) is 0. The molecule has 0 N–H and O–H groups in total. The van der Waals surface area contributed by atoms with Gasteiger partial charge in [0.1, 0.15) is 5.88 Å². The van der Waals surface area contributed by atoms with Crippen molar-refractivity contribution in [2.24, 2.45) is 0 Å². The van der Waals surface area contributed by atoms with Crippen LogP contribution in [0.5, 0.6) is 0 Å². The van der Waals surface area contributed by atoms with E-state index in [-0.39, 0.29) is 5.88 Å². The average molecular weight is 145 g/mol. The van der Waals surface area contributed by atoms with Crippen molar-refractivity contribution in [1.82, 2.24) is 0 Å². The highest BCUT2D eigenvalue weighted by Gasteiger charge is 2.37. The summed E-state index contributed by atoms with van der Waals surface area (Å²) >= 11 is 4.44. The van der Waals surface area contributed by atoms with E-state index in [1.165, 1.54) is 0 Å². The maximum atomic E-state index is 11.0. The highest BCUT2D eigenvalue weighted by molar-refractivity contribution is 6.35. The first-order chi connectivity index (χ1) is 3.48. The fourth-order valence-electron chi connectivity index (χ4n) is 0.0619. The van der Waals surface area contributed by atoms with E-state index in [1.807, 2.05) is 0 Å². The molecule has 0 aliphatic rings. The number of ketones is 1. The molecule has 1 radical (unpaired) electrons. The normalized spacial score (nSPS) is 11.5. The van der Waals surface area contributed by atoms with Crippen molar-refractivity contribution in [1.29, 1.82) is 0 Å². The Balaban J connectivity index is 3.82. The van der Waals surface area contributed by atoms with Crippen LogP contribution < -0.4 is 0 Å². The molecule has 0 aromatic rings. The van der Waals surface area contributed by atoms with Gasteiger partial charge in [0.15, 0.2) is 0 Å². The van der Waals surface area contributed by atoms with E-state index in [0.717, 1.165) is 0 Å². The summed E-state index contributed by atoms with van der Waals surface area (Å²) in [5.74, 6) is -2.07. The van der Waals surface area contributed by atoms with Crippen LogP contribution in [0.3, 0.4) is 0 Å². The van der Waals surface area contributed by atoms with Gasteiger partial charge in [-0.2, -0.15) is 13.2 Å². The van der Waals surface area contributed by atoms with Gasteiger partial charge < -0.3 is 0 Å². The molecule has 0 saturated carbocycles. The van der Waals surface area contributed by atoms with Gasteiger partial charge in [0, 0.05) is 0 Å². The third-order valence-corrected chi connectivity index (χ3v) is 0.577. The number of alkyl halides is 3. The van der Waals surface area contributed by atoms with Crippen LogP contribution in [-0.2, 0) is 4.79 Å². The molecule has 0 aliphatic heterocycles. The van der Waals surface area contributed by atoms with Gasteiger partial charge in [-0.3, -0.25) is 4.79 Å². The third-order valence-electron chi connectivity index (χ3n) is 0.378. The maximum Gasteiger partial charge on any atom is 0.451 e. The second kappa shape index (κ2) is 2.35. The number of rotatable bonds is 1. The Labute approximate surface area is 48.4 Å². The summed E-state index contributed by atoms with van der Waals surface area (Å²) in [5, 5.41) is 0. The fourth-order valence-corrected chi connectivity index (χ4v) is 0.186. The molecule has 0 rings (SSSR count). The standard InChI is InChI=1S/C3HClF3O/c4-1-2(8)3(5,6)7/h1H. The van der Waals surface area contributed by atoms with E-state index >= 15 is 0 Å². The van der Waals surface area contributed by atoms with Crippen LogP contribution in [0.1, 0.15) is 0 Å². The lowest BCUT2D eigenvalue weighted by Gasteiger charge is -1.97. The Hall–Kier alpha value is -0.250.